The van der Waals surface area contributed by atoms with E-state index in [0.717, 1.165) is 17.4 Å². The summed E-state index contributed by atoms with van der Waals surface area (Å²) in [4.78, 5) is 26.9. The van der Waals surface area contributed by atoms with Crippen molar-refractivity contribution in [1.82, 2.24) is 10.3 Å². The quantitative estimate of drug-likeness (QED) is 0.731. The molecule has 0 aliphatic rings. The van der Waals surface area contributed by atoms with Crippen LogP contribution in [0.3, 0.4) is 0 Å². The van der Waals surface area contributed by atoms with Crippen LogP contribution in [0.5, 0.6) is 0 Å². The fourth-order valence-corrected chi connectivity index (χ4v) is 3.30. The Bertz CT molecular complexity index is 972. The number of thiazole rings is 1. The van der Waals surface area contributed by atoms with Gasteiger partial charge in [-0.15, -0.1) is 11.3 Å². The van der Waals surface area contributed by atoms with Crippen LogP contribution in [0, 0.1) is 11.6 Å². The molecule has 0 atom stereocenters. The second-order valence-electron chi connectivity index (χ2n) is 5.30. The van der Waals surface area contributed by atoms with Crippen molar-refractivity contribution in [2.24, 2.45) is 0 Å². The SMILES string of the molecule is O=C(Cc1nc2c(F)cc(F)cc2s1)NCc1cccc(C(=O)O)c1. The van der Waals surface area contributed by atoms with Gasteiger partial charge in [0, 0.05) is 12.6 Å². The average molecular weight is 362 g/mol. The smallest absolute Gasteiger partial charge is 0.335 e. The number of rotatable bonds is 5. The maximum absolute atomic E-state index is 13.6. The maximum atomic E-state index is 13.6. The van der Waals surface area contributed by atoms with Gasteiger partial charge in [-0.2, -0.15) is 0 Å². The first-order valence-electron chi connectivity index (χ1n) is 7.26. The van der Waals surface area contributed by atoms with Gasteiger partial charge in [0.1, 0.15) is 16.3 Å². The molecule has 128 valence electrons. The van der Waals surface area contributed by atoms with Crippen LogP contribution in [0.25, 0.3) is 10.2 Å². The predicted octanol–water partition coefficient (Wildman–Crippen LogP) is 3.13. The fraction of sp³-hybridized carbons (Fsp3) is 0.118. The molecule has 0 saturated carbocycles. The monoisotopic (exact) mass is 362 g/mol. The van der Waals surface area contributed by atoms with E-state index in [1.54, 1.807) is 12.1 Å². The van der Waals surface area contributed by atoms with E-state index in [4.69, 9.17) is 5.11 Å². The van der Waals surface area contributed by atoms with Crippen molar-refractivity contribution in [1.29, 1.82) is 0 Å². The Hall–Kier alpha value is -2.87. The minimum absolute atomic E-state index is 0.0448. The molecule has 8 heteroatoms. The van der Waals surface area contributed by atoms with E-state index in [2.05, 4.69) is 10.3 Å². The lowest BCUT2D eigenvalue weighted by Gasteiger charge is -2.05. The highest BCUT2D eigenvalue weighted by atomic mass is 32.1. The summed E-state index contributed by atoms with van der Waals surface area (Å²) in [5.74, 6) is -2.84. The number of aromatic carboxylic acids is 1. The third kappa shape index (κ3) is 3.97. The van der Waals surface area contributed by atoms with Gasteiger partial charge in [-0.05, 0) is 23.8 Å². The first kappa shape index (κ1) is 17.0. The number of aromatic nitrogens is 1. The Balaban J connectivity index is 1.66. The molecule has 2 aromatic carbocycles. The molecule has 5 nitrogen and oxygen atoms in total. The van der Waals surface area contributed by atoms with Crippen LogP contribution in [-0.4, -0.2) is 22.0 Å². The van der Waals surface area contributed by atoms with Gasteiger partial charge >= 0.3 is 5.97 Å². The molecule has 0 aliphatic heterocycles. The Kier molecular flexibility index (Phi) is 4.71. The third-order valence-corrected chi connectivity index (χ3v) is 4.44. The summed E-state index contributed by atoms with van der Waals surface area (Å²) in [7, 11) is 0. The Morgan fingerprint density at radius 3 is 2.76 bits per heavy atom. The van der Waals surface area contributed by atoms with Crippen LogP contribution in [0.15, 0.2) is 36.4 Å². The molecular weight excluding hydrogens is 350 g/mol. The summed E-state index contributed by atoms with van der Waals surface area (Å²) in [5.41, 5.74) is 0.824. The molecule has 0 aliphatic carbocycles. The number of nitrogens with zero attached hydrogens (tertiary/aromatic N) is 1. The van der Waals surface area contributed by atoms with E-state index in [1.165, 1.54) is 18.2 Å². The van der Waals surface area contributed by atoms with Gasteiger partial charge in [0.25, 0.3) is 0 Å². The van der Waals surface area contributed by atoms with Gasteiger partial charge in [0.2, 0.25) is 5.91 Å². The topological polar surface area (TPSA) is 79.3 Å². The summed E-state index contributed by atoms with van der Waals surface area (Å²) in [6.07, 6.45) is -0.0704. The maximum Gasteiger partial charge on any atom is 0.335 e. The minimum atomic E-state index is -1.04. The highest BCUT2D eigenvalue weighted by molar-refractivity contribution is 7.18. The number of carboxylic acid groups (broad SMARTS) is 1. The van der Waals surface area contributed by atoms with Crippen LogP contribution in [-0.2, 0) is 17.8 Å². The zero-order valence-corrected chi connectivity index (χ0v) is 13.6. The molecule has 0 unspecified atom stereocenters. The van der Waals surface area contributed by atoms with Gasteiger partial charge < -0.3 is 10.4 Å². The number of carbonyl (C=O) groups is 2. The zero-order valence-electron chi connectivity index (χ0n) is 12.8. The van der Waals surface area contributed by atoms with Crippen molar-refractivity contribution in [3.8, 4) is 0 Å². The second kappa shape index (κ2) is 6.94. The Morgan fingerprint density at radius 1 is 1.20 bits per heavy atom. The number of carboxylic acids is 1. The lowest BCUT2D eigenvalue weighted by Crippen LogP contribution is -2.24. The number of halogens is 2. The predicted molar refractivity (Wildman–Crippen MR) is 88.5 cm³/mol. The average Bonchev–Trinajstić information content (AvgIpc) is 2.95. The van der Waals surface area contributed by atoms with Crippen molar-refractivity contribution in [3.05, 3.63) is 64.2 Å². The molecule has 1 heterocycles. The molecule has 0 saturated heterocycles. The van der Waals surface area contributed by atoms with E-state index in [1.807, 2.05) is 0 Å². The van der Waals surface area contributed by atoms with E-state index in [0.29, 0.717) is 15.3 Å². The van der Waals surface area contributed by atoms with E-state index in [9.17, 15) is 18.4 Å². The minimum Gasteiger partial charge on any atom is -0.478 e. The van der Waals surface area contributed by atoms with Crippen LogP contribution in [0.1, 0.15) is 20.9 Å². The molecule has 2 N–H and O–H groups in total. The summed E-state index contributed by atoms with van der Waals surface area (Å²) in [6.45, 7) is 0.161. The summed E-state index contributed by atoms with van der Waals surface area (Å²) in [5, 5.41) is 12.0. The van der Waals surface area contributed by atoms with Crippen molar-refractivity contribution in [2.75, 3.05) is 0 Å². The van der Waals surface area contributed by atoms with Gasteiger partial charge in [-0.1, -0.05) is 12.1 Å². The van der Waals surface area contributed by atoms with Crippen molar-refractivity contribution in [2.45, 2.75) is 13.0 Å². The largest absolute Gasteiger partial charge is 0.478 e. The molecule has 25 heavy (non-hydrogen) atoms. The molecule has 1 amide bonds. The van der Waals surface area contributed by atoms with Gasteiger partial charge in [-0.25, -0.2) is 18.6 Å². The number of amides is 1. The van der Waals surface area contributed by atoms with Crippen LogP contribution in [0.2, 0.25) is 0 Å². The molecular formula is C17H12F2N2O3S. The van der Waals surface area contributed by atoms with Crippen molar-refractivity contribution >= 4 is 33.4 Å². The molecule has 0 radical (unpaired) electrons. The zero-order chi connectivity index (χ0) is 18.0. The highest BCUT2D eigenvalue weighted by Crippen LogP contribution is 2.25. The molecule has 0 bridgehead atoms. The first-order chi connectivity index (χ1) is 11.9. The van der Waals surface area contributed by atoms with E-state index in [-0.39, 0.29) is 30.0 Å². The van der Waals surface area contributed by atoms with Gasteiger partial charge in [0.05, 0.1) is 16.7 Å². The number of hydrogen-bond donors (Lipinski definition) is 2. The number of benzene rings is 2. The third-order valence-electron chi connectivity index (χ3n) is 3.43. The van der Waals surface area contributed by atoms with Crippen LogP contribution < -0.4 is 5.32 Å². The summed E-state index contributed by atoms with van der Waals surface area (Å²) in [6, 6.07) is 8.15. The van der Waals surface area contributed by atoms with Crippen molar-refractivity contribution in [3.63, 3.8) is 0 Å². The standard InChI is InChI=1S/C17H12F2N2O3S/c18-11-5-12(19)16-13(6-11)25-15(21-16)7-14(22)20-8-9-2-1-3-10(4-9)17(23)24/h1-6H,7-8H2,(H,20,22)(H,23,24). The first-order valence-corrected chi connectivity index (χ1v) is 8.07. The molecule has 0 spiro atoms. The summed E-state index contributed by atoms with van der Waals surface area (Å²) >= 11 is 1.05. The van der Waals surface area contributed by atoms with E-state index >= 15 is 0 Å². The lowest BCUT2D eigenvalue weighted by molar-refractivity contribution is -0.120. The van der Waals surface area contributed by atoms with Gasteiger partial charge in [0.15, 0.2) is 5.82 Å². The fourth-order valence-electron chi connectivity index (χ4n) is 2.29. The second-order valence-corrected chi connectivity index (χ2v) is 6.42. The number of fused-ring (bicyclic) bond motifs is 1. The molecule has 0 fully saturated rings. The summed E-state index contributed by atoms with van der Waals surface area (Å²) < 4.78 is 27.2. The van der Waals surface area contributed by atoms with Gasteiger partial charge in [-0.3, -0.25) is 4.79 Å². The Morgan fingerprint density at radius 2 is 2.00 bits per heavy atom. The Labute approximate surface area is 144 Å². The highest BCUT2D eigenvalue weighted by Gasteiger charge is 2.13. The number of hydrogen-bond acceptors (Lipinski definition) is 4. The molecule has 1 aromatic heterocycles. The normalized spacial score (nSPS) is 10.8. The number of nitrogens with one attached hydrogen (secondary N) is 1. The van der Waals surface area contributed by atoms with Crippen LogP contribution >= 0.6 is 11.3 Å². The lowest BCUT2D eigenvalue weighted by atomic mass is 10.1. The van der Waals surface area contributed by atoms with E-state index < -0.39 is 17.6 Å². The molecule has 3 aromatic rings. The molecule has 3 rings (SSSR count). The van der Waals surface area contributed by atoms with Crippen LogP contribution in [0.4, 0.5) is 8.78 Å². The number of carbonyl (C=O) groups excluding carboxylic acids is 1. The van der Waals surface area contributed by atoms with Crippen molar-refractivity contribution < 1.29 is 23.5 Å².